The molecule has 1 heterocycles. The van der Waals surface area contributed by atoms with Crippen LogP contribution in [-0.2, 0) is 0 Å². The second kappa shape index (κ2) is 3.17. The van der Waals surface area contributed by atoms with Crippen LogP contribution in [0.25, 0.3) is 0 Å². The Morgan fingerprint density at radius 3 is 2.73 bits per heavy atom. The number of fused-ring (bicyclic) bond motifs is 1. The molecule has 1 unspecified atom stereocenters. The Balaban J connectivity index is 2.55. The van der Waals surface area contributed by atoms with Gasteiger partial charge in [-0.2, -0.15) is 0 Å². The van der Waals surface area contributed by atoms with Gasteiger partial charge in [0.2, 0.25) is 0 Å². The van der Waals surface area contributed by atoms with Crippen molar-refractivity contribution in [3.8, 4) is 5.75 Å². The first-order valence-corrected chi connectivity index (χ1v) is 4.82. The van der Waals surface area contributed by atoms with Gasteiger partial charge < -0.3 is 10.5 Å². The van der Waals surface area contributed by atoms with E-state index in [-0.39, 0.29) is 11.3 Å². The Labute approximate surface area is 87.0 Å². The molecule has 0 fully saturated rings. The fraction of sp³-hybridized carbons (Fsp3) is 0.455. The molecule has 0 saturated heterocycles. The zero-order valence-electron chi connectivity index (χ0n) is 8.68. The van der Waals surface area contributed by atoms with E-state index in [1.54, 1.807) is 0 Å². The number of hydrogen-bond donors (Lipinski definition) is 1. The van der Waals surface area contributed by atoms with Crippen molar-refractivity contribution in [3.05, 3.63) is 29.3 Å². The van der Waals surface area contributed by atoms with Gasteiger partial charge in [-0.25, -0.2) is 8.78 Å². The molecule has 2 N–H and O–H groups in total. The summed E-state index contributed by atoms with van der Waals surface area (Å²) in [5.41, 5.74) is 5.62. The highest BCUT2D eigenvalue weighted by molar-refractivity contribution is 5.40. The van der Waals surface area contributed by atoms with Crippen molar-refractivity contribution in [2.75, 3.05) is 0 Å². The molecule has 1 aliphatic heterocycles. The largest absolute Gasteiger partial charge is 0.487 e. The summed E-state index contributed by atoms with van der Waals surface area (Å²) in [5, 5.41) is 0. The van der Waals surface area contributed by atoms with Crippen molar-refractivity contribution in [3.63, 3.8) is 0 Å². The van der Waals surface area contributed by atoms with Crippen molar-refractivity contribution in [2.24, 2.45) is 5.73 Å². The van der Waals surface area contributed by atoms with E-state index in [9.17, 15) is 8.78 Å². The Bertz CT molecular complexity index is 404. The average molecular weight is 213 g/mol. The average Bonchev–Trinajstić information content (AvgIpc) is 1.97. The minimum Gasteiger partial charge on any atom is -0.487 e. The van der Waals surface area contributed by atoms with E-state index in [1.807, 2.05) is 13.8 Å². The third-order valence-electron chi connectivity index (χ3n) is 2.52. The molecule has 0 aromatic heterocycles. The first-order valence-electron chi connectivity index (χ1n) is 4.82. The molecule has 2 rings (SSSR count). The molecule has 0 spiro atoms. The Morgan fingerprint density at radius 1 is 1.40 bits per heavy atom. The summed E-state index contributed by atoms with van der Waals surface area (Å²) in [6, 6.07) is 1.57. The molecule has 0 amide bonds. The molecule has 0 saturated carbocycles. The molecule has 1 atom stereocenters. The van der Waals surface area contributed by atoms with Crippen molar-refractivity contribution in [1.29, 1.82) is 0 Å². The normalized spacial score (nSPS) is 23.1. The second-order valence-electron chi connectivity index (χ2n) is 4.47. The van der Waals surface area contributed by atoms with Gasteiger partial charge >= 0.3 is 0 Å². The number of rotatable bonds is 0. The fourth-order valence-electron chi connectivity index (χ4n) is 1.98. The molecule has 1 aromatic rings. The number of nitrogens with two attached hydrogens (primary N) is 1. The van der Waals surface area contributed by atoms with E-state index in [4.69, 9.17) is 10.5 Å². The lowest BCUT2D eigenvalue weighted by Gasteiger charge is -2.36. The van der Waals surface area contributed by atoms with E-state index in [2.05, 4.69) is 0 Å². The monoisotopic (exact) mass is 213 g/mol. The van der Waals surface area contributed by atoms with Gasteiger partial charge in [-0.3, -0.25) is 0 Å². The molecule has 82 valence electrons. The fourth-order valence-corrected chi connectivity index (χ4v) is 1.98. The third-order valence-corrected chi connectivity index (χ3v) is 2.52. The van der Waals surface area contributed by atoms with Gasteiger partial charge in [0.1, 0.15) is 23.0 Å². The molecule has 2 nitrogen and oxygen atoms in total. The summed E-state index contributed by atoms with van der Waals surface area (Å²) in [7, 11) is 0. The van der Waals surface area contributed by atoms with Gasteiger partial charge in [0, 0.05) is 30.2 Å². The first-order chi connectivity index (χ1) is 6.89. The maximum absolute atomic E-state index is 13.4. The molecule has 0 bridgehead atoms. The topological polar surface area (TPSA) is 35.2 Å². The zero-order valence-corrected chi connectivity index (χ0v) is 8.68. The van der Waals surface area contributed by atoms with Gasteiger partial charge in [-0.1, -0.05) is 0 Å². The summed E-state index contributed by atoms with van der Waals surface area (Å²) in [5.74, 6) is -1.06. The highest BCUT2D eigenvalue weighted by atomic mass is 19.1. The summed E-state index contributed by atoms with van der Waals surface area (Å²) in [4.78, 5) is 0. The molecular weight excluding hydrogens is 200 g/mol. The van der Waals surface area contributed by atoms with Crippen molar-refractivity contribution in [1.82, 2.24) is 0 Å². The summed E-state index contributed by atoms with van der Waals surface area (Å²) in [6.07, 6.45) is 0.516. The zero-order chi connectivity index (χ0) is 11.2. The molecule has 1 aliphatic rings. The first kappa shape index (κ1) is 10.4. The van der Waals surface area contributed by atoms with Gasteiger partial charge in [-0.15, -0.1) is 0 Å². The smallest absolute Gasteiger partial charge is 0.134 e. The van der Waals surface area contributed by atoms with Crippen LogP contribution in [0.15, 0.2) is 12.1 Å². The SMILES string of the molecule is CC1(C)CC(N)c2c(F)cc(F)cc2O1. The second-order valence-corrected chi connectivity index (χ2v) is 4.47. The molecule has 15 heavy (non-hydrogen) atoms. The van der Waals surface area contributed by atoms with Crippen LogP contribution in [0.2, 0.25) is 0 Å². The van der Waals surface area contributed by atoms with Crippen LogP contribution in [0, 0.1) is 11.6 Å². The summed E-state index contributed by atoms with van der Waals surface area (Å²) in [6.45, 7) is 3.69. The Morgan fingerprint density at radius 2 is 2.07 bits per heavy atom. The van der Waals surface area contributed by atoms with Crippen LogP contribution in [-0.4, -0.2) is 5.60 Å². The predicted molar refractivity (Wildman–Crippen MR) is 52.6 cm³/mol. The molecule has 4 heteroatoms. The van der Waals surface area contributed by atoms with Gasteiger partial charge in [0.05, 0.1) is 0 Å². The summed E-state index contributed by atoms with van der Waals surface area (Å²) >= 11 is 0. The third kappa shape index (κ3) is 1.81. The van der Waals surface area contributed by atoms with Crippen molar-refractivity contribution in [2.45, 2.75) is 31.9 Å². The lowest BCUT2D eigenvalue weighted by atomic mass is 9.90. The van der Waals surface area contributed by atoms with Crippen LogP contribution < -0.4 is 10.5 Å². The van der Waals surface area contributed by atoms with Crippen LogP contribution >= 0.6 is 0 Å². The van der Waals surface area contributed by atoms with E-state index in [1.165, 1.54) is 6.07 Å². The van der Waals surface area contributed by atoms with Gasteiger partial charge in [0.25, 0.3) is 0 Å². The lowest BCUT2D eigenvalue weighted by Crippen LogP contribution is -2.38. The number of ether oxygens (including phenoxy) is 1. The molecule has 0 aliphatic carbocycles. The van der Waals surface area contributed by atoms with E-state index in [0.29, 0.717) is 6.42 Å². The molecular formula is C11H13F2NO. The molecule has 1 aromatic carbocycles. The maximum Gasteiger partial charge on any atom is 0.134 e. The van der Waals surface area contributed by atoms with E-state index >= 15 is 0 Å². The minimum atomic E-state index is -0.642. The number of halogens is 2. The van der Waals surface area contributed by atoms with E-state index in [0.717, 1.165) is 6.07 Å². The highest BCUT2D eigenvalue weighted by Gasteiger charge is 2.34. The maximum atomic E-state index is 13.4. The van der Waals surface area contributed by atoms with Crippen molar-refractivity contribution >= 4 is 0 Å². The molecule has 0 radical (unpaired) electrons. The Kier molecular flexibility index (Phi) is 2.19. The standard InChI is InChI=1S/C11H13F2NO/c1-11(2)5-8(14)10-7(13)3-6(12)4-9(10)15-11/h3-4,8H,5,14H2,1-2H3. The number of hydrogen-bond acceptors (Lipinski definition) is 2. The van der Waals surface area contributed by atoms with Crippen molar-refractivity contribution < 1.29 is 13.5 Å². The van der Waals surface area contributed by atoms with E-state index < -0.39 is 23.3 Å². The van der Waals surface area contributed by atoms with Gasteiger partial charge in [0.15, 0.2) is 0 Å². The summed E-state index contributed by atoms with van der Waals surface area (Å²) < 4.78 is 31.9. The number of benzene rings is 1. The van der Waals surface area contributed by atoms with Crippen LogP contribution in [0.5, 0.6) is 5.75 Å². The Hall–Kier alpha value is -1.16. The quantitative estimate of drug-likeness (QED) is 0.718. The van der Waals surface area contributed by atoms with Crippen LogP contribution in [0.3, 0.4) is 0 Å². The highest BCUT2D eigenvalue weighted by Crippen LogP contribution is 2.39. The predicted octanol–water partition coefficient (Wildman–Crippen LogP) is 2.53. The lowest BCUT2D eigenvalue weighted by molar-refractivity contribution is 0.0707. The van der Waals surface area contributed by atoms with Crippen LogP contribution in [0.4, 0.5) is 8.78 Å². The van der Waals surface area contributed by atoms with Gasteiger partial charge in [-0.05, 0) is 13.8 Å². The van der Waals surface area contributed by atoms with Crippen LogP contribution in [0.1, 0.15) is 31.9 Å². The minimum absolute atomic E-state index is 0.219.